The molecule has 3 N–H and O–H groups in total. The summed E-state index contributed by atoms with van der Waals surface area (Å²) in [5, 5.41) is 9.19. The molecule has 0 atom stereocenters. The summed E-state index contributed by atoms with van der Waals surface area (Å²) in [6, 6.07) is 9.17. The minimum Gasteiger partial charge on any atom is -0.380 e. The average Bonchev–Trinajstić information content (AvgIpc) is 2.56. The topological polar surface area (TPSA) is 74.8 Å². The molecule has 0 aliphatic heterocycles. The number of ether oxygens (including phenoxy) is 1. The van der Waals surface area contributed by atoms with Gasteiger partial charge in [-0.25, -0.2) is 0 Å². The minimum atomic E-state index is -0.0688. The van der Waals surface area contributed by atoms with Crippen LogP contribution < -0.4 is 16.0 Å². The monoisotopic (exact) mass is 434 g/mol. The predicted octanol–water partition coefficient (Wildman–Crippen LogP) is 1.63. The fourth-order valence-electron chi connectivity index (χ4n) is 1.76. The summed E-state index contributed by atoms with van der Waals surface area (Å²) in [6.45, 7) is 7.82. The number of amides is 1. The van der Waals surface area contributed by atoms with Crippen molar-refractivity contribution in [3.63, 3.8) is 0 Å². The average molecular weight is 434 g/mol. The molecule has 0 bridgehead atoms. The second-order valence-corrected chi connectivity index (χ2v) is 4.51. The van der Waals surface area contributed by atoms with Crippen LogP contribution >= 0.6 is 24.0 Å². The van der Waals surface area contributed by atoms with Crippen LogP contribution in [0.2, 0.25) is 0 Å². The Morgan fingerprint density at radius 3 is 2.43 bits per heavy atom. The molecule has 0 saturated carbocycles. The standard InChI is InChI=1S/C16H26N4O2.HI/c1-3-17-16(20-12-13-22-4-2)19-11-10-18-15(21)14-8-6-5-7-9-14;/h5-9H,3-4,10-13H2,1-2H3,(H,18,21)(H2,17,19,20);1H. The largest absolute Gasteiger partial charge is 0.380 e. The lowest BCUT2D eigenvalue weighted by molar-refractivity contribution is 0.0954. The van der Waals surface area contributed by atoms with Crippen molar-refractivity contribution in [3.8, 4) is 0 Å². The van der Waals surface area contributed by atoms with Crippen molar-refractivity contribution in [1.29, 1.82) is 0 Å². The lowest BCUT2D eigenvalue weighted by atomic mass is 10.2. The van der Waals surface area contributed by atoms with Crippen molar-refractivity contribution in [1.82, 2.24) is 16.0 Å². The molecule has 0 aliphatic carbocycles. The summed E-state index contributed by atoms with van der Waals surface area (Å²) in [5.74, 6) is 0.664. The van der Waals surface area contributed by atoms with Crippen LogP contribution in [0.1, 0.15) is 24.2 Å². The molecule has 0 saturated heterocycles. The maximum Gasteiger partial charge on any atom is 0.251 e. The van der Waals surface area contributed by atoms with Crippen LogP contribution in [-0.2, 0) is 4.74 Å². The number of hydrogen-bond acceptors (Lipinski definition) is 3. The molecule has 6 nitrogen and oxygen atoms in total. The van der Waals surface area contributed by atoms with E-state index in [1.165, 1.54) is 0 Å². The molecule has 0 fully saturated rings. The van der Waals surface area contributed by atoms with E-state index in [0.29, 0.717) is 38.4 Å². The van der Waals surface area contributed by atoms with Gasteiger partial charge in [-0.1, -0.05) is 18.2 Å². The molecule has 0 aliphatic rings. The van der Waals surface area contributed by atoms with Gasteiger partial charge in [-0.05, 0) is 26.0 Å². The first-order valence-electron chi connectivity index (χ1n) is 7.71. The van der Waals surface area contributed by atoms with E-state index in [2.05, 4.69) is 20.9 Å². The molecular formula is C16H27IN4O2. The normalized spacial score (nSPS) is 10.6. The third-order valence-corrected chi connectivity index (χ3v) is 2.79. The second kappa shape index (κ2) is 14.3. The van der Waals surface area contributed by atoms with Crippen LogP contribution in [0.5, 0.6) is 0 Å². The van der Waals surface area contributed by atoms with Crippen LogP contribution in [0, 0.1) is 0 Å². The third kappa shape index (κ3) is 10.1. The van der Waals surface area contributed by atoms with Crippen molar-refractivity contribution < 1.29 is 9.53 Å². The Kier molecular flexibility index (Phi) is 13.4. The lowest BCUT2D eigenvalue weighted by Crippen LogP contribution is -2.41. The van der Waals surface area contributed by atoms with E-state index < -0.39 is 0 Å². The van der Waals surface area contributed by atoms with Gasteiger partial charge in [0.2, 0.25) is 0 Å². The quantitative estimate of drug-likeness (QED) is 0.239. The van der Waals surface area contributed by atoms with Crippen LogP contribution in [0.25, 0.3) is 0 Å². The first kappa shape index (κ1) is 21.6. The molecule has 0 heterocycles. The molecule has 0 radical (unpaired) electrons. The molecule has 23 heavy (non-hydrogen) atoms. The van der Waals surface area contributed by atoms with Crippen molar-refractivity contribution in [3.05, 3.63) is 35.9 Å². The van der Waals surface area contributed by atoms with Gasteiger partial charge in [0.15, 0.2) is 5.96 Å². The van der Waals surface area contributed by atoms with Crippen molar-refractivity contribution in [2.45, 2.75) is 13.8 Å². The zero-order valence-corrected chi connectivity index (χ0v) is 16.1. The van der Waals surface area contributed by atoms with Gasteiger partial charge in [0.25, 0.3) is 5.91 Å². The Morgan fingerprint density at radius 1 is 1.09 bits per heavy atom. The highest BCUT2D eigenvalue weighted by Gasteiger charge is 2.03. The Balaban J connectivity index is 0.00000484. The van der Waals surface area contributed by atoms with Gasteiger partial charge in [-0.2, -0.15) is 0 Å². The number of hydrogen-bond donors (Lipinski definition) is 3. The van der Waals surface area contributed by atoms with E-state index >= 15 is 0 Å². The third-order valence-electron chi connectivity index (χ3n) is 2.79. The minimum absolute atomic E-state index is 0. The first-order valence-corrected chi connectivity index (χ1v) is 7.71. The fraction of sp³-hybridized carbons (Fsp3) is 0.500. The number of nitrogens with zero attached hydrogens (tertiary/aromatic N) is 1. The SMILES string of the molecule is CCNC(=NCCOCC)NCCNC(=O)c1ccccc1.I. The number of carbonyl (C=O) groups is 1. The van der Waals surface area contributed by atoms with Crippen molar-refractivity contribution in [2.24, 2.45) is 4.99 Å². The van der Waals surface area contributed by atoms with Gasteiger partial charge < -0.3 is 20.7 Å². The summed E-state index contributed by atoms with van der Waals surface area (Å²) in [7, 11) is 0. The maximum atomic E-state index is 11.9. The summed E-state index contributed by atoms with van der Waals surface area (Å²) < 4.78 is 5.25. The smallest absolute Gasteiger partial charge is 0.251 e. The number of aliphatic imine (C=N–C) groups is 1. The molecule has 1 aromatic rings. The van der Waals surface area contributed by atoms with Gasteiger partial charge in [0.1, 0.15) is 0 Å². The number of rotatable bonds is 9. The van der Waals surface area contributed by atoms with Crippen LogP contribution in [0.15, 0.2) is 35.3 Å². The lowest BCUT2D eigenvalue weighted by Gasteiger charge is -2.12. The molecule has 0 spiro atoms. The zero-order valence-electron chi connectivity index (χ0n) is 13.8. The summed E-state index contributed by atoms with van der Waals surface area (Å²) >= 11 is 0. The molecule has 1 rings (SSSR count). The predicted molar refractivity (Wildman–Crippen MR) is 105 cm³/mol. The van der Waals surface area contributed by atoms with Crippen LogP contribution in [0.4, 0.5) is 0 Å². The summed E-state index contributed by atoms with van der Waals surface area (Å²) in [4.78, 5) is 16.2. The molecule has 1 aromatic carbocycles. The summed E-state index contributed by atoms with van der Waals surface area (Å²) in [5.41, 5.74) is 0.666. The van der Waals surface area contributed by atoms with E-state index in [-0.39, 0.29) is 29.9 Å². The van der Waals surface area contributed by atoms with Crippen molar-refractivity contribution in [2.75, 3.05) is 39.4 Å². The summed E-state index contributed by atoms with van der Waals surface area (Å²) in [6.07, 6.45) is 0. The number of carbonyl (C=O) groups excluding carboxylic acids is 1. The number of nitrogens with one attached hydrogen (secondary N) is 3. The Hall–Kier alpha value is -1.35. The highest BCUT2D eigenvalue weighted by molar-refractivity contribution is 14.0. The first-order chi connectivity index (χ1) is 10.8. The van der Waals surface area contributed by atoms with E-state index in [1.807, 2.05) is 32.0 Å². The number of halogens is 1. The van der Waals surface area contributed by atoms with E-state index in [9.17, 15) is 4.79 Å². The fourth-order valence-corrected chi connectivity index (χ4v) is 1.76. The molecular weight excluding hydrogens is 407 g/mol. The Labute approximate surface area is 155 Å². The van der Waals surface area contributed by atoms with Gasteiger partial charge in [0, 0.05) is 31.8 Å². The zero-order chi connectivity index (χ0) is 16.0. The van der Waals surface area contributed by atoms with Gasteiger partial charge >= 0.3 is 0 Å². The highest BCUT2D eigenvalue weighted by Crippen LogP contribution is 1.96. The second-order valence-electron chi connectivity index (χ2n) is 4.51. The van der Waals surface area contributed by atoms with Crippen LogP contribution in [-0.4, -0.2) is 51.3 Å². The van der Waals surface area contributed by atoms with E-state index in [0.717, 1.165) is 12.5 Å². The van der Waals surface area contributed by atoms with Gasteiger partial charge in [-0.15, -0.1) is 24.0 Å². The van der Waals surface area contributed by atoms with E-state index in [4.69, 9.17) is 4.74 Å². The molecule has 1 amide bonds. The van der Waals surface area contributed by atoms with Gasteiger partial charge in [-0.3, -0.25) is 9.79 Å². The molecule has 7 heteroatoms. The molecule has 130 valence electrons. The number of benzene rings is 1. The van der Waals surface area contributed by atoms with Gasteiger partial charge in [0.05, 0.1) is 13.2 Å². The molecule has 0 aromatic heterocycles. The Bertz CT molecular complexity index is 455. The highest BCUT2D eigenvalue weighted by atomic mass is 127. The molecule has 0 unspecified atom stereocenters. The Morgan fingerprint density at radius 2 is 1.78 bits per heavy atom. The van der Waals surface area contributed by atoms with E-state index in [1.54, 1.807) is 12.1 Å². The number of guanidine groups is 1. The van der Waals surface area contributed by atoms with Crippen molar-refractivity contribution >= 4 is 35.8 Å². The van der Waals surface area contributed by atoms with Crippen LogP contribution in [0.3, 0.4) is 0 Å². The maximum absolute atomic E-state index is 11.9.